The molecule has 4 rings (SSSR count). The molecule has 0 unspecified atom stereocenters. The molecule has 0 N–H and O–H groups in total. The van der Waals surface area contributed by atoms with E-state index in [4.69, 9.17) is 0 Å². The Kier molecular flexibility index (Phi) is 2.88. The van der Waals surface area contributed by atoms with Crippen LogP contribution < -0.4 is 5.56 Å². The maximum Gasteiger partial charge on any atom is 0.262 e. The maximum absolute atomic E-state index is 12.8. The van der Waals surface area contributed by atoms with Crippen LogP contribution in [-0.4, -0.2) is 14.3 Å². The zero-order chi connectivity index (χ0) is 16.1. The Hall–Kier alpha value is -2.88. The Balaban J connectivity index is 2.26. The van der Waals surface area contributed by atoms with Gasteiger partial charge in [0.2, 0.25) is 0 Å². The molecule has 4 aromatic rings. The molecule has 2 aromatic heterocycles. The van der Waals surface area contributed by atoms with Crippen LogP contribution in [-0.2, 0) is 7.05 Å². The molecule has 0 saturated heterocycles. The second kappa shape index (κ2) is 4.81. The standard InChI is InChI=1S/C19H17N3O/c1-12-7-6-8-14(11-12)22-18-15-9-4-5-10-16(15)21(3)19(23)17(18)13(2)20-22/h4-11H,1-3H3. The van der Waals surface area contributed by atoms with E-state index in [9.17, 15) is 4.79 Å². The summed E-state index contributed by atoms with van der Waals surface area (Å²) in [5.74, 6) is 0. The molecule has 0 aliphatic rings. The number of pyridine rings is 1. The molecule has 0 bridgehead atoms. The Morgan fingerprint density at radius 2 is 1.78 bits per heavy atom. The van der Waals surface area contributed by atoms with Gasteiger partial charge in [-0.1, -0.05) is 30.3 Å². The summed E-state index contributed by atoms with van der Waals surface area (Å²) in [7, 11) is 1.81. The average molecular weight is 303 g/mol. The van der Waals surface area contributed by atoms with Gasteiger partial charge in [-0.05, 0) is 37.6 Å². The van der Waals surface area contributed by atoms with E-state index in [0.717, 1.165) is 33.4 Å². The number of hydrogen-bond donors (Lipinski definition) is 0. The third-order valence-electron chi connectivity index (χ3n) is 4.35. The molecule has 0 atom stereocenters. The lowest BCUT2D eigenvalue weighted by Gasteiger charge is -2.09. The fourth-order valence-electron chi connectivity index (χ4n) is 3.22. The van der Waals surface area contributed by atoms with Crippen LogP contribution in [0.3, 0.4) is 0 Å². The highest BCUT2D eigenvalue weighted by Crippen LogP contribution is 2.27. The van der Waals surface area contributed by atoms with Gasteiger partial charge >= 0.3 is 0 Å². The van der Waals surface area contributed by atoms with Crippen LogP contribution in [0.5, 0.6) is 0 Å². The molecule has 114 valence electrons. The number of para-hydroxylation sites is 1. The predicted octanol–water partition coefficient (Wildman–Crippen LogP) is 3.49. The van der Waals surface area contributed by atoms with Crippen molar-refractivity contribution in [2.75, 3.05) is 0 Å². The molecule has 0 amide bonds. The van der Waals surface area contributed by atoms with Gasteiger partial charge in [0, 0.05) is 12.4 Å². The molecule has 23 heavy (non-hydrogen) atoms. The van der Waals surface area contributed by atoms with E-state index >= 15 is 0 Å². The predicted molar refractivity (Wildman–Crippen MR) is 93.3 cm³/mol. The van der Waals surface area contributed by atoms with Crippen LogP contribution in [0, 0.1) is 13.8 Å². The number of hydrogen-bond acceptors (Lipinski definition) is 2. The lowest BCUT2D eigenvalue weighted by molar-refractivity contribution is 0.890. The van der Waals surface area contributed by atoms with Crippen LogP contribution in [0.4, 0.5) is 0 Å². The van der Waals surface area contributed by atoms with Gasteiger partial charge in [0.05, 0.1) is 27.8 Å². The second-order valence-corrected chi connectivity index (χ2v) is 5.94. The van der Waals surface area contributed by atoms with Gasteiger partial charge in [0.1, 0.15) is 0 Å². The number of benzene rings is 2. The fraction of sp³-hybridized carbons (Fsp3) is 0.158. The van der Waals surface area contributed by atoms with E-state index in [0.29, 0.717) is 5.39 Å². The minimum atomic E-state index is -0.00453. The van der Waals surface area contributed by atoms with Gasteiger partial charge in [0.25, 0.3) is 5.56 Å². The average Bonchev–Trinajstić information content (AvgIpc) is 2.90. The zero-order valence-corrected chi connectivity index (χ0v) is 13.4. The maximum atomic E-state index is 12.8. The smallest absolute Gasteiger partial charge is 0.262 e. The summed E-state index contributed by atoms with van der Waals surface area (Å²) in [5, 5.41) is 6.38. The molecule has 0 spiro atoms. The topological polar surface area (TPSA) is 39.8 Å². The van der Waals surface area contributed by atoms with Crippen molar-refractivity contribution in [2.45, 2.75) is 13.8 Å². The van der Waals surface area contributed by atoms with Gasteiger partial charge < -0.3 is 4.57 Å². The van der Waals surface area contributed by atoms with E-state index in [1.165, 1.54) is 0 Å². The first-order valence-corrected chi connectivity index (χ1v) is 7.62. The van der Waals surface area contributed by atoms with Crippen LogP contribution in [0.25, 0.3) is 27.5 Å². The summed E-state index contributed by atoms with van der Waals surface area (Å²) in [6, 6.07) is 16.1. The molecule has 2 heterocycles. The molecule has 4 nitrogen and oxygen atoms in total. The van der Waals surface area contributed by atoms with Crippen LogP contribution >= 0.6 is 0 Å². The molecular weight excluding hydrogens is 286 g/mol. The van der Waals surface area contributed by atoms with Gasteiger partial charge in [-0.25, -0.2) is 4.68 Å². The summed E-state index contributed by atoms with van der Waals surface area (Å²) >= 11 is 0. The number of aromatic nitrogens is 3. The summed E-state index contributed by atoms with van der Waals surface area (Å²) in [6.07, 6.45) is 0. The van der Waals surface area contributed by atoms with Crippen molar-refractivity contribution in [2.24, 2.45) is 7.05 Å². The third kappa shape index (κ3) is 1.91. The molecule has 4 heteroatoms. The van der Waals surface area contributed by atoms with Gasteiger partial charge in [-0.2, -0.15) is 5.10 Å². The van der Waals surface area contributed by atoms with Crippen molar-refractivity contribution >= 4 is 21.8 Å². The highest BCUT2D eigenvalue weighted by Gasteiger charge is 2.17. The SMILES string of the molecule is Cc1cccc(-n2nc(C)c3c(=O)n(C)c4ccccc4c32)c1. The number of nitrogens with zero attached hydrogens (tertiary/aromatic N) is 3. The second-order valence-electron chi connectivity index (χ2n) is 5.94. The lowest BCUT2D eigenvalue weighted by atomic mass is 10.1. The third-order valence-corrected chi connectivity index (χ3v) is 4.35. The Labute approximate surface area is 133 Å². The van der Waals surface area contributed by atoms with Gasteiger partial charge in [-0.3, -0.25) is 4.79 Å². The quantitative estimate of drug-likeness (QED) is 0.540. The highest BCUT2D eigenvalue weighted by molar-refractivity contribution is 6.05. The Bertz CT molecular complexity index is 1120. The minimum absolute atomic E-state index is 0.00453. The van der Waals surface area contributed by atoms with Gasteiger partial charge in [0.15, 0.2) is 0 Å². The molecular formula is C19H17N3O. The number of aryl methyl sites for hydroxylation is 3. The Morgan fingerprint density at radius 1 is 1.00 bits per heavy atom. The van der Waals surface area contributed by atoms with E-state index in [2.05, 4.69) is 24.2 Å². The van der Waals surface area contributed by atoms with E-state index in [1.54, 1.807) is 4.57 Å². The summed E-state index contributed by atoms with van der Waals surface area (Å²) in [4.78, 5) is 12.8. The van der Waals surface area contributed by atoms with Crippen molar-refractivity contribution < 1.29 is 0 Å². The first-order valence-electron chi connectivity index (χ1n) is 7.62. The summed E-state index contributed by atoms with van der Waals surface area (Å²) in [6.45, 7) is 3.95. The fourth-order valence-corrected chi connectivity index (χ4v) is 3.22. The highest BCUT2D eigenvalue weighted by atomic mass is 16.1. The first-order chi connectivity index (χ1) is 11.1. The van der Waals surface area contributed by atoms with Crippen LogP contribution in [0.2, 0.25) is 0 Å². The summed E-state index contributed by atoms with van der Waals surface area (Å²) < 4.78 is 3.59. The zero-order valence-electron chi connectivity index (χ0n) is 13.4. The number of rotatable bonds is 1. The van der Waals surface area contributed by atoms with Crippen molar-refractivity contribution in [3.05, 3.63) is 70.1 Å². The van der Waals surface area contributed by atoms with Crippen LogP contribution in [0.15, 0.2) is 53.3 Å². The molecule has 2 aromatic carbocycles. The van der Waals surface area contributed by atoms with Crippen molar-refractivity contribution in [1.29, 1.82) is 0 Å². The monoisotopic (exact) mass is 303 g/mol. The molecule has 0 fully saturated rings. The largest absolute Gasteiger partial charge is 0.311 e. The van der Waals surface area contributed by atoms with E-state index < -0.39 is 0 Å². The molecule has 0 aliphatic heterocycles. The number of fused-ring (bicyclic) bond motifs is 3. The van der Waals surface area contributed by atoms with Crippen LogP contribution in [0.1, 0.15) is 11.3 Å². The van der Waals surface area contributed by atoms with Crippen molar-refractivity contribution in [1.82, 2.24) is 14.3 Å². The van der Waals surface area contributed by atoms with Crippen molar-refractivity contribution in [3.63, 3.8) is 0 Å². The molecule has 0 aliphatic carbocycles. The molecule has 0 saturated carbocycles. The van der Waals surface area contributed by atoms with E-state index in [1.807, 2.05) is 55.1 Å². The van der Waals surface area contributed by atoms with Crippen molar-refractivity contribution in [3.8, 4) is 5.69 Å². The lowest BCUT2D eigenvalue weighted by Crippen LogP contribution is -2.17. The molecule has 0 radical (unpaired) electrons. The van der Waals surface area contributed by atoms with Gasteiger partial charge in [-0.15, -0.1) is 0 Å². The van der Waals surface area contributed by atoms with E-state index in [-0.39, 0.29) is 5.56 Å². The minimum Gasteiger partial charge on any atom is -0.311 e. The first kappa shape index (κ1) is 13.8. The normalized spacial score (nSPS) is 11.4. The summed E-state index contributed by atoms with van der Waals surface area (Å²) in [5.41, 5.74) is 4.69. The Morgan fingerprint density at radius 3 is 2.57 bits per heavy atom.